The Morgan fingerprint density at radius 1 is 0.421 bits per heavy atom. The van der Waals surface area contributed by atoms with Gasteiger partial charge in [-0.1, -0.05) is 84.9 Å². The molecule has 7 aromatic carbocycles. The molecular weight excluding hydrogens is 462 g/mol. The summed E-state index contributed by atoms with van der Waals surface area (Å²) in [7, 11) is 0. The minimum atomic E-state index is 0.953. The van der Waals surface area contributed by atoms with Crippen molar-refractivity contribution in [2.24, 2.45) is 0 Å². The van der Waals surface area contributed by atoms with E-state index in [-0.39, 0.29) is 0 Å². The molecular formula is C36H19NO. The van der Waals surface area contributed by atoms with Crippen molar-refractivity contribution < 1.29 is 4.42 Å². The number of hydrogen-bond acceptors (Lipinski definition) is 1. The molecule has 0 aliphatic carbocycles. The Balaban J connectivity index is 1.38. The zero-order chi connectivity index (χ0) is 24.5. The number of furan rings is 1. The highest BCUT2D eigenvalue weighted by atomic mass is 16.3. The van der Waals surface area contributed by atoms with Crippen LogP contribution in [0, 0.1) is 0 Å². The minimum Gasteiger partial charge on any atom is -0.456 e. The summed E-state index contributed by atoms with van der Waals surface area (Å²) in [5, 5.41) is 12.8. The van der Waals surface area contributed by atoms with Gasteiger partial charge in [0.2, 0.25) is 0 Å². The first-order chi connectivity index (χ1) is 18.9. The van der Waals surface area contributed by atoms with E-state index in [0.717, 1.165) is 11.2 Å². The highest BCUT2D eigenvalue weighted by Crippen LogP contribution is 2.47. The first-order valence-electron chi connectivity index (χ1n) is 13.1. The molecule has 3 aromatic heterocycles. The number of benzene rings is 7. The van der Waals surface area contributed by atoms with Gasteiger partial charge in [-0.3, -0.25) is 0 Å². The number of rotatable bonds is 1. The average molecular weight is 482 g/mol. The summed E-state index contributed by atoms with van der Waals surface area (Å²) in [5.41, 5.74) is 8.23. The molecule has 0 aliphatic heterocycles. The summed E-state index contributed by atoms with van der Waals surface area (Å²) >= 11 is 0. The van der Waals surface area contributed by atoms with Crippen molar-refractivity contribution in [3.63, 3.8) is 0 Å². The molecule has 0 radical (unpaired) electrons. The molecule has 2 nitrogen and oxygen atoms in total. The molecule has 0 saturated carbocycles. The van der Waals surface area contributed by atoms with Gasteiger partial charge < -0.3 is 8.82 Å². The molecule has 0 saturated heterocycles. The maximum atomic E-state index is 6.36. The molecule has 38 heavy (non-hydrogen) atoms. The molecule has 0 N–H and O–H groups in total. The van der Waals surface area contributed by atoms with Gasteiger partial charge in [0.15, 0.2) is 0 Å². The van der Waals surface area contributed by atoms with Gasteiger partial charge in [0.05, 0.1) is 16.6 Å². The largest absolute Gasteiger partial charge is 0.456 e. The van der Waals surface area contributed by atoms with Crippen LogP contribution in [0.3, 0.4) is 0 Å². The van der Waals surface area contributed by atoms with E-state index in [4.69, 9.17) is 4.42 Å². The zero-order valence-corrected chi connectivity index (χ0v) is 20.3. The second kappa shape index (κ2) is 6.42. The van der Waals surface area contributed by atoms with Gasteiger partial charge in [-0.25, -0.2) is 0 Å². The summed E-state index contributed by atoms with van der Waals surface area (Å²) in [6.07, 6.45) is 0. The van der Waals surface area contributed by atoms with Crippen molar-refractivity contribution in [1.29, 1.82) is 0 Å². The molecule has 10 aromatic rings. The van der Waals surface area contributed by atoms with Crippen LogP contribution < -0.4 is 0 Å². The monoisotopic (exact) mass is 481 g/mol. The molecule has 174 valence electrons. The van der Waals surface area contributed by atoms with E-state index in [9.17, 15) is 0 Å². The lowest BCUT2D eigenvalue weighted by atomic mass is 9.89. The zero-order valence-electron chi connectivity index (χ0n) is 20.3. The maximum Gasteiger partial charge on any atom is 0.136 e. The van der Waals surface area contributed by atoms with E-state index in [1.54, 1.807) is 0 Å². The second-order valence-electron chi connectivity index (χ2n) is 10.5. The van der Waals surface area contributed by atoms with Crippen LogP contribution in [0.1, 0.15) is 0 Å². The molecule has 10 rings (SSSR count). The Bertz CT molecular complexity index is 2560. The van der Waals surface area contributed by atoms with Crippen molar-refractivity contribution in [2.75, 3.05) is 0 Å². The summed E-state index contributed by atoms with van der Waals surface area (Å²) in [6.45, 7) is 0. The van der Waals surface area contributed by atoms with Crippen LogP contribution >= 0.6 is 0 Å². The average Bonchev–Trinajstić information content (AvgIpc) is 3.63. The molecule has 0 unspecified atom stereocenters. The lowest BCUT2D eigenvalue weighted by Crippen LogP contribution is -1.87. The Morgan fingerprint density at radius 3 is 2.00 bits per heavy atom. The van der Waals surface area contributed by atoms with Gasteiger partial charge in [0, 0.05) is 37.7 Å². The van der Waals surface area contributed by atoms with Crippen LogP contribution in [-0.4, -0.2) is 4.40 Å². The number of nitrogens with zero attached hydrogens (tertiary/aromatic N) is 1. The minimum absolute atomic E-state index is 0.953. The standard InChI is InChI=1S/C36H19NO/c1-2-9-24-22(7-1)25-10-6-14-31-34(25)35-32(38-31)18-16-21(33(24)35)20-15-17-30-28(19-20)27-12-5-11-26-23-8-3-4-13-29(23)37(30)36(26)27/h1-19H. The smallest absolute Gasteiger partial charge is 0.136 e. The van der Waals surface area contributed by atoms with Crippen LogP contribution in [0.2, 0.25) is 0 Å². The first kappa shape index (κ1) is 19.1. The first-order valence-corrected chi connectivity index (χ1v) is 13.1. The number of aromatic nitrogens is 1. The van der Waals surface area contributed by atoms with Crippen LogP contribution in [-0.2, 0) is 0 Å². The summed E-state index contributed by atoms with van der Waals surface area (Å²) in [5.74, 6) is 0. The lowest BCUT2D eigenvalue weighted by molar-refractivity contribution is 0.669. The quantitative estimate of drug-likeness (QED) is 0.213. The Morgan fingerprint density at radius 2 is 1.08 bits per heavy atom. The Kier molecular flexibility index (Phi) is 3.23. The van der Waals surface area contributed by atoms with Crippen molar-refractivity contribution in [2.45, 2.75) is 0 Å². The molecule has 0 bridgehead atoms. The fourth-order valence-electron chi connectivity index (χ4n) is 7.19. The Labute approximate surface area is 216 Å². The highest BCUT2D eigenvalue weighted by molar-refractivity contribution is 6.35. The van der Waals surface area contributed by atoms with E-state index >= 15 is 0 Å². The number of fused-ring (bicyclic) bond motifs is 9. The molecule has 0 spiro atoms. The third-order valence-electron chi connectivity index (χ3n) is 8.68. The molecule has 0 atom stereocenters. The molecule has 3 heterocycles. The Hall–Kier alpha value is -5.08. The molecule has 0 fully saturated rings. The van der Waals surface area contributed by atoms with Gasteiger partial charge in [-0.2, -0.15) is 0 Å². The molecule has 2 heteroatoms. The normalized spacial score (nSPS) is 12.7. The van der Waals surface area contributed by atoms with Crippen LogP contribution in [0.5, 0.6) is 0 Å². The van der Waals surface area contributed by atoms with Crippen LogP contribution in [0.4, 0.5) is 0 Å². The molecule has 0 aliphatic rings. The fraction of sp³-hybridized carbons (Fsp3) is 0. The van der Waals surface area contributed by atoms with Gasteiger partial charge >= 0.3 is 0 Å². The number of hydrogen-bond donors (Lipinski definition) is 0. The van der Waals surface area contributed by atoms with E-state index in [0.29, 0.717) is 0 Å². The van der Waals surface area contributed by atoms with Gasteiger partial charge in [-0.15, -0.1) is 0 Å². The maximum absolute atomic E-state index is 6.36. The van der Waals surface area contributed by atoms with E-state index in [1.165, 1.54) is 81.5 Å². The van der Waals surface area contributed by atoms with Gasteiger partial charge in [-0.05, 0) is 57.6 Å². The third-order valence-corrected chi connectivity index (χ3v) is 8.68. The summed E-state index contributed by atoms with van der Waals surface area (Å²) < 4.78 is 8.80. The van der Waals surface area contributed by atoms with Crippen molar-refractivity contribution in [1.82, 2.24) is 4.40 Å². The number of para-hydroxylation sites is 2. The predicted molar refractivity (Wildman–Crippen MR) is 160 cm³/mol. The summed E-state index contributed by atoms with van der Waals surface area (Å²) in [6, 6.07) is 42.0. The third kappa shape index (κ3) is 2.10. The van der Waals surface area contributed by atoms with Crippen molar-refractivity contribution >= 4 is 81.6 Å². The van der Waals surface area contributed by atoms with E-state index in [2.05, 4.69) is 120 Å². The van der Waals surface area contributed by atoms with Crippen LogP contribution in [0.15, 0.2) is 120 Å². The highest BCUT2D eigenvalue weighted by Gasteiger charge is 2.21. The fourth-order valence-corrected chi connectivity index (χ4v) is 7.19. The topological polar surface area (TPSA) is 17.6 Å². The van der Waals surface area contributed by atoms with Crippen LogP contribution in [0.25, 0.3) is 92.7 Å². The lowest BCUT2D eigenvalue weighted by Gasteiger charge is -2.13. The van der Waals surface area contributed by atoms with E-state index < -0.39 is 0 Å². The van der Waals surface area contributed by atoms with Gasteiger partial charge in [0.25, 0.3) is 0 Å². The predicted octanol–water partition coefficient (Wildman–Crippen LogP) is 10.1. The second-order valence-corrected chi connectivity index (χ2v) is 10.5. The van der Waals surface area contributed by atoms with Crippen molar-refractivity contribution in [3.8, 4) is 11.1 Å². The van der Waals surface area contributed by atoms with E-state index in [1.807, 2.05) is 0 Å². The van der Waals surface area contributed by atoms with Gasteiger partial charge in [0.1, 0.15) is 11.2 Å². The summed E-state index contributed by atoms with van der Waals surface area (Å²) in [4.78, 5) is 0. The SMILES string of the molecule is c1ccc2c(c1)c1cccc3oc4ccc(-c5ccc6c(c5)c5cccc7c8ccccc8n6c75)c2c4c31. The molecule has 0 amide bonds. The van der Waals surface area contributed by atoms with Crippen molar-refractivity contribution in [3.05, 3.63) is 115 Å².